The summed E-state index contributed by atoms with van der Waals surface area (Å²) < 4.78 is 10.5. The van der Waals surface area contributed by atoms with Gasteiger partial charge in [0.15, 0.2) is 10.9 Å². The van der Waals surface area contributed by atoms with Crippen molar-refractivity contribution >= 4 is 33.4 Å². The van der Waals surface area contributed by atoms with Gasteiger partial charge in [0, 0.05) is 48.7 Å². The number of benzene rings is 4. The Hall–Kier alpha value is -7.00. The largest absolute Gasteiger partial charge is 0.489 e. The molecule has 0 aliphatic heterocycles. The van der Waals surface area contributed by atoms with Gasteiger partial charge < -0.3 is 24.5 Å². The first kappa shape index (κ1) is 38.2. The van der Waals surface area contributed by atoms with Crippen LogP contribution in [0.25, 0.3) is 44.2 Å². The molecule has 4 heterocycles. The van der Waals surface area contributed by atoms with Crippen LogP contribution in [0.3, 0.4) is 0 Å². The predicted octanol–water partition coefficient (Wildman–Crippen LogP) is 9.53. The molecule has 61 heavy (non-hydrogen) atoms. The fourth-order valence-corrected chi connectivity index (χ4v) is 9.26. The molecule has 9 heteroatoms. The van der Waals surface area contributed by atoms with Crippen LogP contribution >= 0.6 is 0 Å². The molecule has 1 atom stereocenters. The van der Waals surface area contributed by atoms with E-state index in [4.69, 9.17) is 14.7 Å². The molecule has 304 valence electrons. The second-order valence-corrected chi connectivity index (χ2v) is 16.6. The van der Waals surface area contributed by atoms with E-state index >= 15 is 0 Å². The van der Waals surface area contributed by atoms with Crippen molar-refractivity contribution in [3.8, 4) is 28.0 Å². The van der Waals surface area contributed by atoms with E-state index in [2.05, 4.69) is 78.4 Å². The van der Waals surface area contributed by atoms with Crippen LogP contribution in [-0.4, -0.2) is 31.2 Å². The molecule has 0 amide bonds. The zero-order valence-electron chi connectivity index (χ0n) is 34.7. The fraction of sp³-hybridized carbons (Fsp3) is 0.231. The molecule has 0 bridgehead atoms. The van der Waals surface area contributed by atoms with E-state index < -0.39 is 0 Å². The number of rotatable bonds is 11. The lowest BCUT2D eigenvalue weighted by Gasteiger charge is -2.16. The van der Waals surface area contributed by atoms with Crippen molar-refractivity contribution in [2.24, 2.45) is 0 Å². The Kier molecular flexibility index (Phi) is 9.95. The van der Waals surface area contributed by atoms with Gasteiger partial charge in [-0.3, -0.25) is 9.59 Å². The van der Waals surface area contributed by atoms with Crippen LogP contribution in [0.15, 0.2) is 138 Å². The molecule has 9 nitrogen and oxygen atoms in total. The molecular formula is C52H48N6O3. The number of hydrogen-bond donors (Lipinski definition) is 2. The maximum atomic E-state index is 14.1. The second kappa shape index (κ2) is 15.9. The summed E-state index contributed by atoms with van der Waals surface area (Å²) in [5, 5.41) is 8.54. The Labute approximate surface area is 354 Å². The third-order valence-electron chi connectivity index (χ3n) is 12.5. The summed E-state index contributed by atoms with van der Waals surface area (Å²) in [5.74, 6) is 1.40. The second-order valence-electron chi connectivity index (χ2n) is 16.6. The summed E-state index contributed by atoms with van der Waals surface area (Å²) in [5.41, 5.74) is 12.9. The standard InChI is InChI=1S/C52H48N6O3/c1-4-57-29-46(34-16-13-32(3)14-17-34)50(59)44-26-49(53-28-48(44)57)56-41-22-37-18-15-33(19-39(37)23-41)31-61-43-12-8-11-38(24-43)47-30-58(5-2)52-45(51(47)60)25-42(27-54-52)55-40-20-35-9-6-7-10-36(35)21-40/h6-19,24-30,40-41,55H,4-5,20-23,31H2,1-3H3,(H,53,56). The van der Waals surface area contributed by atoms with Crippen LogP contribution in [0, 0.1) is 6.92 Å². The normalized spacial score (nSPS) is 14.6. The van der Waals surface area contributed by atoms with E-state index in [1.807, 2.05) is 90.0 Å². The van der Waals surface area contributed by atoms with Crippen LogP contribution < -0.4 is 26.2 Å². The highest BCUT2D eigenvalue weighted by atomic mass is 16.5. The van der Waals surface area contributed by atoms with Crippen molar-refractivity contribution in [2.75, 3.05) is 10.6 Å². The van der Waals surface area contributed by atoms with Gasteiger partial charge in [-0.1, -0.05) is 84.4 Å². The maximum absolute atomic E-state index is 14.1. The van der Waals surface area contributed by atoms with E-state index in [1.54, 1.807) is 0 Å². The summed E-state index contributed by atoms with van der Waals surface area (Å²) in [4.78, 5) is 37.5. The number of aromatic nitrogens is 4. The third kappa shape index (κ3) is 7.45. The topological polar surface area (TPSA) is 103 Å². The minimum atomic E-state index is -0.0477. The van der Waals surface area contributed by atoms with Crippen molar-refractivity contribution in [2.45, 2.75) is 78.2 Å². The van der Waals surface area contributed by atoms with Gasteiger partial charge in [0.05, 0.1) is 34.4 Å². The van der Waals surface area contributed by atoms with Gasteiger partial charge in [-0.2, -0.15) is 0 Å². The smallest absolute Gasteiger partial charge is 0.198 e. The number of hydrogen-bond acceptors (Lipinski definition) is 7. The molecule has 0 saturated carbocycles. The van der Waals surface area contributed by atoms with Crippen molar-refractivity contribution in [3.05, 3.63) is 182 Å². The Morgan fingerprint density at radius 3 is 2.10 bits per heavy atom. The molecule has 8 aromatic rings. The molecule has 4 aromatic carbocycles. The Bertz CT molecular complexity index is 3070. The Morgan fingerprint density at radius 1 is 0.639 bits per heavy atom. The minimum Gasteiger partial charge on any atom is -0.489 e. The molecule has 2 N–H and O–H groups in total. The zero-order chi connectivity index (χ0) is 41.6. The zero-order valence-corrected chi connectivity index (χ0v) is 34.7. The number of fused-ring (bicyclic) bond motifs is 4. The minimum absolute atomic E-state index is 0.0135. The predicted molar refractivity (Wildman–Crippen MR) is 246 cm³/mol. The summed E-state index contributed by atoms with van der Waals surface area (Å²) in [7, 11) is 0. The van der Waals surface area contributed by atoms with Gasteiger partial charge in [0.1, 0.15) is 23.8 Å². The summed E-state index contributed by atoms with van der Waals surface area (Å²) >= 11 is 0. The SMILES string of the molecule is CCn1cc(-c2ccc(C)cc2)c(=O)c2cc(NC3Cc4ccc(COc5cccc(-c6cn(CC)c7ncc(NC8Cc9ccccc9C8)cc7c6=O)c5)cc4C3)ncc21. The molecule has 2 aliphatic rings. The van der Waals surface area contributed by atoms with Crippen LogP contribution in [-0.2, 0) is 45.4 Å². The molecule has 4 aromatic heterocycles. The first-order valence-corrected chi connectivity index (χ1v) is 21.4. The Balaban J connectivity index is 0.830. The van der Waals surface area contributed by atoms with E-state index in [0.717, 1.165) is 65.7 Å². The number of pyridine rings is 4. The Morgan fingerprint density at radius 2 is 1.33 bits per heavy atom. The summed E-state index contributed by atoms with van der Waals surface area (Å²) in [6, 6.07) is 35.3. The lowest BCUT2D eigenvalue weighted by molar-refractivity contribution is 0.306. The number of nitrogens with zero attached hydrogens (tertiary/aromatic N) is 4. The fourth-order valence-electron chi connectivity index (χ4n) is 9.26. The number of ether oxygens (including phenoxy) is 1. The van der Waals surface area contributed by atoms with Crippen LogP contribution in [0.4, 0.5) is 11.5 Å². The van der Waals surface area contributed by atoms with Gasteiger partial charge in [0.25, 0.3) is 0 Å². The molecule has 10 rings (SSSR count). The summed E-state index contributed by atoms with van der Waals surface area (Å²) in [6.45, 7) is 8.01. The summed E-state index contributed by atoms with van der Waals surface area (Å²) in [6.07, 6.45) is 11.1. The highest BCUT2D eigenvalue weighted by Gasteiger charge is 2.24. The molecule has 0 radical (unpaired) electrons. The van der Waals surface area contributed by atoms with E-state index in [0.29, 0.717) is 52.3 Å². The molecule has 0 fully saturated rings. The lowest BCUT2D eigenvalue weighted by atomic mass is 10.0. The highest BCUT2D eigenvalue weighted by Crippen LogP contribution is 2.30. The van der Waals surface area contributed by atoms with Gasteiger partial charge in [-0.25, -0.2) is 9.97 Å². The average Bonchev–Trinajstić information content (AvgIpc) is 3.89. The van der Waals surface area contributed by atoms with Crippen LogP contribution in [0.2, 0.25) is 0 Å². The molecule has 0 saturated heterocycles. The van der Waals surface area contributed by atoms with Crippen molar-refractivity contribution < 1.29 is 4.74 Å². The number of anilines is 2. The van der Waals surface area contributed by atoms with Crippen molar-refractivity contribution in [1.29, 1.82) is 0 Å². The average molecular weight is 805 g/mol. The molecule has 1 unspecified atom stereocenters. The maximum Gasteiger partial charge on any atom is 0.198 e. The van der Waals surface area contributed by atoms with E-state index in [1.165, 1.54) is 22.3 Å². The van der Waals surface area contributed by atoms with Gasteiger partial charge >= 0.3 is 0 Å². The van der Waals surface area contributed by atoms with Gasteiger partial charge in [-0.05, 0) is 110 Å². The first-order valence-electron chi connectivity index (χ1n) is 21.4. The van der Waals surface area contributed by atoms with Crippen molar-refractivity contribution in [1.82, 2.24) is 19.1 Å². The van der Waals surface area contributed by atoms with Crippen LogP contribution in [0.5, 0.6) is 5.75 Å². The first-order chi connectivity index (χ1) is 29.8. The van der Waals surface area contributed by atoms with Crippen LogP contribution in [0.1, 0.15) is 47.2 Å². The molecular weight excluding hydrogens is 757 g/mol. The third-order valence-corrected chi connectivity index (χ3v) is 12.5. The molecule has 0 spiro atoms. The van der Waals surface area contributed by atoms with E-state index in [-0.39, 0.29) is 22.9 Å². The number of nitrogens with one attached hydrogen (secondary N) is 2. The number of aryl methyl sites for hydroxylation is 3. The highest BCUT2D eigenvalue weighted by molar-refractivity contribution is 5.86. The molecule has 2 aliphatic carbocycles. The lowest BCUT2D eigenvalue weighted by Crippen LogP contribution is -2.21. The monoisotopic (exact) mass is 804 g/mol. The quantitative estimate of drug-likeness (QED) is 0.134. The van der Waals surface area contributed by atoms with Gasteiger partial charge in [0.2, 0.25) is 0 Å². The van der Waals surface area contributed by atoms with Gasteiger partial charge in [-0.15, -0.1) is 0 Å². The van der Waals surface area contributed by atoms with E-state index in [9.17, 15) is 9.59 Å². The van der Waals surface area contributed by atoms with Crippen molar-refractivity contribution in [3.63, 3.8) is 0 Å².